The predicted molar refractivity (Wildman–Crippen MR) is 356 cm³/mol. The zero-order valence-electron chi connectivity index (χ0n) is 51.4. The van der Waals surface area contributed by atoms with Crippen molar-refractivity contribution in [2.24, 2.45) is 11.7 Å². The van der Waals surface area contributed by atoms with Crippen LogP contribution in [0.3, 0.4) is 0 Å². The summed E-state index contributed by atoms with van der Waals surface area (Å²) in [5.41, 5.74) is 12.9. The number of aldehydes is 2. The van der Waals surface area contributed by atoms with Crippen LogP contribution in [-0.2, 0) is 57.4 Å². The maximum atomic E-state index is 12.6. The molecule has 2 aliphatic heterocycles. The first-order valence-electron chi connectivity index (χ1n) is 28.2. The molecule has 0 bridgehead atoms. The second-order valence-electron chi connectivity index (χ2n) is 19.6. The number of nitrogens with two attached hydrogens (primary N) is 1. The lowest BCUT2D eigenvalue weighted by molar-refractivity contribution is -0.147. The van der Waals surface area contributed by atoms with Crippen LogP contribution in [0.2, 0.25) is 0 Å². The highest BCUT2D eigenvalue weighted by molar-refractivity contribution is 7.42. The summed E-state index contributed by atoms with van der Waals surface area (Å²) in [6.07, 6.45) is 6.66. The number of nitrogens with one attached hydrogen (secondary N) is 2. The largest absolute Gasteiger partial charge is 0.425 e. The number of ether oxygens (including phenoxy) is 1. The number of carbonyl (C=O) groups is 5. The molecule has 19 heteroatoms. The summed E-state index contributed by atoms with van der Waals surface area (Å²) >= 11 is 12.7. The van der Waals surface area contributed by atoms with Gasteiger partial charge < -0.3 is 45.0 Å². The van der Waals surface area contributed by atoms with E-state index in [1.807, 2.05) is 147 Å². The Hall–Kier alpha value is -5.21. The number of fused-ring (bicyclic) bond motifs is 6. The number of nitrogens with zero attached hydrogens (tertiary/aromatic N) is 2. The Balaban J connectivity index is 0.000000641. The number of anilines is 3. The van der Waals surface area contributed by atoms with Crippen LogP contribution in [0.25, 0.3) is 20.9 Å². The van der Waals surface area contributed by atoms with Crippen molar-refractivity contribution in [3.05, 3.63) is 130 Å². The quantitative estimate of drug-likeness (QED) is 0.0304. The van der Waals surface area contributed by atoms with Crippen LogP contribution in [0.5, 0.6) is 5.75 Å². The fourth-order valence-electron chi connectivity index (χ4n) is 8.52. The molecule has 458 valence electrons. The van der Waals surface area contributed by atoms with Crippen LogP contribution in [0.1, 0.15) is 122 Å². The zero-order valence-corrected chi connectivity index (χ0v) is 55.8. The number of primary amides is 1. The molecule has 5 aromatic carbocycles. The standard InChI is InChI=1S/C27H27ClNO3PS.C24H33N3O3.C5H8O2.C2H7P.2C2H6.CH3Cl.CH3NO/c1-19-18-34-27-24(13-23-26(25(19)27)22(14-28)15-29(23)2)32-33(30-16-20-9-5-3-6-10-20)31-17-21-11-7-4-8-12-21;1-15(2)22(30-24(3,4)5)23(29)25-14-21(28)26-19-13-20-18(11-12-27(20)6)16-9-7-8-10-17(16)19;6-4-2-1-3-5-7;1-2-3;3*1-2;2-1-3/h3-13,18,22H,14-17H2,1-2H3;7-10,13,15,22H,11-12,14H2,1-6H3,(H,25,29)(H,26,28);4-5H,1-3H2;2-3H2,1H3;2*1-2H3;1H3;1H,(H2,2,3). The molecule has 0 spiro atoms. The Morgan fingerprint density at radius 1 is 0.843 bits per heavy atom. The second-order valence-corrected chi connectivity index (χ2v) is 22.8. The van der Waals surface area contributed by atoms with Gasteiger partial charge in [-0.3, -0.25) is 23.4 Å². The maximum absolute atomic E-state index is 12.6. The summed E-state index contributed by atoms with van der Waals surface area (Å²) in [4.78, 5) is 57.4. The Morgan fingerprint density at radius 2 is 1.36 bits per heavy atom. The number of likely N-dealkylation sites (N-methyl/N-ethyl adjacent to an activating group) is 2. The molecule has 0 saturated carbocycles. The molecule has 3 amide bonds. The Morgan fingerprint density at radius 3 is 1.86 bits per heavy atom. The van der Waals surface area contributed by atoms with E-state index in [0.717, 1.165) is 75.8 Å². The number of hydrogen-bond donors (Lipinski definition) is 3. The number of rotatable bonds is 19. The minimum Gasteiger partial charge on any atom is -0.425 e. The van der Waals surface area contributed by atoms with Gasteiger partial charge in [0.25, 0.3) is 0 Å². The zero-order chi connectivity index (χ0) is 62.5. The van der Waals surface area contributed by atoms with Gasteiger partial charge in [0.1, 0.15) is 24.4 Å². The molecular weight excluding hydrogens is 1150 g/mol. The van der Waals surface area contributed by atoms with Gasteiger partial charge in [-0.05, 0) is 97.3 Å². The smallest absolute Gasteiger partial charge is 0.397 e. The van der Waals surface area contributed by atoms with Gasteiger partial charge in [-0.15, -0.1) is 43.8 Å². The highest BCUT2D eigenvalue weighted by atomic mass is 35.5. The average molecular weight is 1240 g/mol. The number of aryl methyl sites for hydroxylation is 1. The lowest BCUT2D eigenvalue weighted by atomic mass is 9.97. The van der Waals surface area contributed by atoms with Crippen LogP contribution < -0.4 is 30.7 Å². The molecule has 3 unspecified atom stereocenters. The van der Waals surface area contributed by atoms with Crippen LogP contribution in [-0.4, -0.2) is 94.7 Å². The molecule has 0 fully saturated rings. The maximum Gasteiger partial charge on any atom is 0.397 e. The van der Waals surface area contributed by atoms with Gasteiger partial charge in [-0.2, -0.15) is 0 Å². The first kappa shape index (κ1) is 75.8. The fraction of sp³-hybridized carbons (Fsp3) is 0.453. The highest BCUT2D eigenvalue weighted by Gasteiger charge is 2.32. The monoisotopic (exact) mass is 1240 g/mol. The first-order chi connectivity index (χ1) is 39.9. The number of alkyl halides is 2. The van der Waals surface area contributed by atoms with E-state index in [1.165, 1.54) is 40.3 Å². The molecule has 3 heterocycles. The number of thiophene rings is 1. The van der Waals surface area contributed by atoms with Gasteiger partial charge in [0.15, 0.2) is 0 Å². The first-order valence-corrected chi connectivity index (χ1v) is 32.3. The fourth-order valence-corrected chi connectivity index (χ4v) is 10.8. The van der Waals surface area contributed by atoms with Crippen molar-refractivity contribution in [3.8, 4) is 5.75 Å². The SMILES string of the molecule is CC.CC.CC(C)C(OC(C)(C)C)C(=O)NCC(=O)Nc1cc2c(c3ccccc13)CCN2C.CCP.CCl.Cc1csc2c(OP(OCc3ccccc3)OCc3ccccc3)cc3c(c12)C(CCl)CN3C.NC=O.O=CCCCC=O. The van der Waals surface area contributed by atoms with Crippen LogP contribution in [0.4, 0.5) is 17.1 Å². The molecule has 0 aliphatic carbocycles. The summed E-state index contributed by atoms with van der Waals surface area (Å²) in [5, 5.41) is 11.3. The Kier molecular flexibility index (Phi) is 38.9. The minimum atomic E-state index is -1.62. The third-order valence-electron chi connectivity index (χ3n) is 12.0. The number of carbonyl (C=O) groups excluding carboxylic acids is 5. The van der Waals surface area contributed by atoms with Crippen LogP contribution in [0.15, 0.2) is 102 Å². The van der Waals surface area contributed by atoms with Gasteiger partial charge in [0.2, 0.25) is 18.2 Å². The molecule has 2 aliphatic rings. The summed E-state index contributed by atoms with van der Waals surface area (Å²) in [7, 11) is 5.13. The van der Waals surface area contributed by atoms with Crippen molar-refractivity contribution in [1.82, 2.24) is 5.32 Å². The summed E-state index contributed by atoms with van der Waals surface area (Å²) in [5.74, 6) is 1.21. The lowest BCUT2D eigenvalue weighted by Gasteiger charge is -2.29. The molecule has 1 aromatic heterocycles. The van der Waals surface area contributed by atoms with Crippen molar-refractivity contribution in [1.29, 1.82) is 0 Å². The van der Waals surface area contributed by atoms with E-state index in [1.54, 1.807) is 11.3 Å². The number of amides is 3. The van der Waals surface area contributed by atoms with E-state index in [2.05, 4.69) is 92.5 Å². The molecule has 0 radical (unpaired) electrons. The molecule has 14 nitrogen and oxygen atoms in total. The van der Waals surface area contributed by atoms with Gasteiger partial charge in [-0.1, -0.05) is 133 Å². The summed E-state index contributed by atoms with van der Waals surface area (Å²) < 4.78 is 25.9. The van der Waals surface area contributed by atoms with Gasteiger partial charge in [0.05, 0.1) is 35.7 Å². The van der Waals surface area contributed by atoms with Crippen molar-refractivity contribution in [2.45, 2.75) is 133 Å². The van der Waals surface area contributed by atoms with Crippen molar-refractivity contribution in [2.75, 3.05) is 67.3 Å². The topological polar surface area (TPSA) is 179 Å². The number of hydrogen-bond acceptors (Lipinski definition) is 12. The van der Waals surface area contributed by atoms with Gasteiger partial charge in [0, 0.05) is 86.4 Å². The Labute approximate surface area is 513 Å². The van der Waals surface area contributed by atoms with E-state index in [0.29, 0.717) is 44.3 Å². The van der Waals surface area contributed by atoms with E-state index in [9.17, 15) is 19.2 Å². The van der Waals surface area contributed by atoms with E-state index in [-0.39, 0.29) is 30.7 Å². The van der Waals surface area contributed by atoms with Crippen molar-refractivity contribution >= 4 is 121 Å². The second kappa shape index (κ2) is 42.6. The summed E-state index contributed by atoms with van der Waals surface area (Å²) in [6.45, 7) is 24.5. The molecule has 3 atom stereocenters. The van der Waals surface area contributed by atoms with Gasteiger partial charge >= 0.3 is 8.60 Å². The summed E-state index contributed by atoms with van der Waals surface area (Å²) in [6, 6.07) is 32.5. The van der Waals surface area contributed by atoms with Gasteiger partial charge in [-0.25, -0.2) is 0 Å². The highest BCUT2D eigenvalue weighted by Crippen LogP contribution is 2.52. The third kappa shape index (κ3) is 25.5. The van der Waals surface area contributed by atoms with E-state index < -0.39 is 20.3 Å². The van der Waals surface area contributed by atoms with Crippen molar-refractivity contribution in [3.63, 3.8) is 0 Å². The normalized spacial score (nSPS) is 12.8. The molecular formula is C64H93Cl2N5O9P2S. The van der Waals surface area contributed by atoms with Crippen LogP contribution in [0, 0.1) is 12.8 Å². The van der Waals surface area contributed by atoms with E-state index >= 15 is 0 Å². The molecule has 83 heavy (non-hydrogen) atoms. The number of halogens is 2. The molecule has 0 saturated heterocycles. The van der Waals surface area contributed by atoms with E-state index in [4.69, 9.17) is 34.7 Å². The molecule has 4 N–H and O–H groups in total. The lowest BCUT2D eigenvalue weighted by Crippen LogP contribution is -2.45. The molecule has 8 rings (SSSR count). The molecule has 6 aromatic rings. The van der Waals surface area contributed by atoms with Crippen LogP contribution >= 0.6 is 52.4 Å². The number of unbranched alkanes of at least 4 members (excludes halogenated alkanes) is 2. The minimum absolute atomic E-state index is 0.00322. The van der Waals surface area contributed by atoms with Crippen molar-refractivity contribution < 1.29 is 42.3 Å². The average Bonchev–Trinajstić information content (AvgIpc) is 2.51. The third-order valence-corrected chi connectivity index (χ3v) is 14.5. The Bertz CT molecular complexity index is 2760. The predicted octanol–water partition coefficient (Wildman–Crippen LogP) is 15.2. The number of benzene rings is 5.